The molecular formula is C20H19Cl2N3O3S. The summed E-state index contributed by atoms with van der Waals surface area (Å²) in [5.74, 6) is 0.0818. The zero-order valence-corrected chi connectivity index (χ0v) is 18.4. The van der Waals surface area contributed by atoms with E-state index in [1.54, 1.807) is 37.4 Å². The summed E-state index contributed by atoms with van der Waals surface area (Å²) in [6.45, 7) is 1.88. The molecule has 2 amide bonds. The number of aliphatic imine (C=N–C) groups is 1. The molecule has 152 valence electrons. The molecule has 0 bridgehead atoms. The fourth-order valence-electron chi connectivity index (χ4n) is 2.70. The minimum absolute atomic E-state index is 0.0189. The van der Waals surface area contributed by atoms with Gasteiger partial charge in [0.2, 0.25) is 11.8 Å². The minimum Gasteiger partial charge on any atom is -0.494 e. The maximum absolute atomic E-state index is 12.6. The third-order valence-corrected chi connectivity index (χ3v) is 6.20. The summed E-state index contributed by atoms with van der Waals surface area (Å²) in [6.07, 6.45) is 0.0189. The molecule has 3 rings (SSSR count). The van der Waals surface area contributed by atoms with E-state index < -0.39 is 5.25 Å². The van der Waals surface area contributed by atoms with Crippen molar-refractivity contribution in [2.24, 2.45) is 4.99 Å². The Kier molecular flexibility index (Phi) is 6.72. The lowest BCUT2D eigenvalue weighted by atomic mass is 10.2. The van der Waals surface area contributed by atoms with Crippen LogP contribution in [0.2, 0.25) is 10.0 Å². The summed E-state index contributed by atoms with van der Waals surface area (Å²) in [5.41, 5.74) is 2.03. The highest BCUT2D eigenvalue weighted by Gasteiger charge is 2.37. The van der Waals surface area contributed by atoms with Gasteiger partial charge in [0.15, 0.2) is 5.17 Å². The van der Waals surface area contributed by atoms with Crippen molar-refractivity contribution in [3.05, 3.63) is 52.0 Å². The maximum atomic E-state index is 12.6. The van der Waals surface area contributed by atoms with Crippen molar-refractivity contribution >= 4 is 63.3 Å². The average Bonchev–Trinajstić information content (AvgIpc) is 2.93. The number of amidine groups is 1. The highest BCUT2D eigenvalue weighted by Crippen LogP contribution is 2.35. The number of thioether (sulfide) groups is 1. The van der Waals surface area contributed by atoms with Crippen LogP contribution in [0.15, 0.2) is 41.4 Å². The highest BCUT2D eigenvalue weighted by atomic mass is 35.5. The third-order valence-electron chi connectivity index (χ3n) is 4.32. The number of aryl methyl sites for hydroxylation is 1. The molecule has 0 saturated carbocycles. The van der Waals surface area contributed by atoms with Gasteiger partial charge in [0.1, 0.15) is 16.7 Å². The molecule has 1 saturated heterocycles. The van der Waals surface area contributed by atoms with Crippen LogP contribution in [0.4, 0.5) is 11.4 Å². The van der Waals surface area contributed by atoms with Crippen molar-refractivity contribution in [3.8, 4) is 5.75 Å². The van der Waals surface area contributed by atoms with Crippen molar-refractivity contribution in [1.82, 2.24) is 4.90 Å². The van der Waals surface area contributed by atoms with Crippen LogP contribution < -0.4 is 10.1 Å². The molecule has 6 nitrogen and oxygen atoms in total. The van der Waals surface area contributed by atoms with Crippen LogP contribution in [0.1, 0.15) is 12.0 Å². The fraction of sp³-hybridized carbons (Fsp3) is 0.250. The van der Waals surface area contributed by atoms with E-state index in [-0.39, 0.29) is 18.2 Å². The first-order valence-electron chi connectivity index (χ1n) is 8.71. The van der Waals surface area contributed by atoms with Gasteiger partial charge in [-0.15, -0.1) is 0 Å². The van der Waals surface area contributed by atoms with Gasteiger partial charge >= 0.3 is 0 Å². The summed E-state index contributed by atoms with van der Waals surface area (Å²) in [7, 11) is 3.16. The molecule has 1 fully saturated rings. The molecular weight excluding hydrogens is 433 g/mol. The van der Waals surface area contributed by atoms with E-state index in [0.29, 0.717) is 32.3 Å². The monoisotopic (exact) mass is 451 g/mol. The van der Waals surface area contributed by atoms with Crippen molar-refractivity contribution < 1.29 is 14.3 Å². The highest BCUT2D eigenvalue weighted by molar-refractivity contribution is 8.15. The zero-order valence-electron chi connectivity index (χ0n) is 16.0. The van der Waals surface area contributed by atoms with Crippen molar-refractivity contribution in [2.45, 2.75) is 18.6 Å². The first-order valence-corrected chi connectivity index (χ1v) is 10.3. The quantitative estimate of drug-likeness (QED) is 0.701. The summed E-state index contributed by atoms with van der Waals surface area (Å²) in [4.78, 5) is 30.9. The third kappa shape index (κ3) is 5.04. The molecule has 2 aromatic rings. The van der Waals surface area contributed by atoms with Crippen molar-refractivity contribution in [2.75, 3.05) is 19.5 Å². The molecule has 2 aromatic carbocycles. The number of methoxy groups -OCH3 is 1. The minimum atomic E-state index is -0.565. The summed E-state index contributed by atoms with van der Waals surface area (Å²) in [6, 6.07) is 10.3. The molecule has 1 unspecified atom stereocenters. The van der Waals surface area contributed by atoms with Crippen molar-refractivity contribution in [1.29, 1.82) is 0 Å². The SMILES string of the molecule is COc1ccc(Cl)cc1N=C1SC(CC(=O)Nc2ccc(C)c(Cl)c2)C(=O)N1C. The summed E-state index contributed by atoms with van der Waals surface area (Å²) in [5, 5.41) is 3.77. The lowest BCUT2D eigenvalue weighted by molar-refractivity contribution is -0.127. The molecule has 9 heteroatoms. The number of rotatable bonds is 5. The number of carbonyl (C=O) groups excluding carboxylic acids is 2. The molecule has 0 spiro atoms. The van der Waals surface area contributed by atoms with Gasteiger partial charge in [-0.05, 0) is 42.8 Å². The predicted octanol–water partition coefficient (Wildman–Crippen LogP) is 4.90. The predicted molar refractivity (Wildman–Crippen MR) is 119 cm³/mol. The standard InChI is InChI=1S/C20H19Cl2N3O3S/c1-11-4-6-13(9-14(11)22)23-18(26)10-17-19(27)25(2)20(29-17)24-15-8-12(21)5-7-16(15)28-3/h4-9,17H,10H2,1-3H3,(H,23,26). The normalized spacial score (nSPS) is 17.7. The van der Waals surface area contributed by atoms with E-state index >= 15 is 0 Å². The van der Waals surface area contributed by atoms with E-state index in [0.717, 1.165) is 5.56 Å². The van der Waals surface area contributed by atoms with Gasteiger partial charge in [-0.3, -0.25) is 14.5 Å². The van der Waals surface area contributed by atoms with Gasteiger partial charge in [0.25, 0.3) is 0 Å². The number of amides is 2. The Labute approximate surface area is 183 Å². The van der Waals surface area contributed by atoms with Crippen LogP contribution in [0.3, 0.4) is 0 Å². The Morgan fingerprint density at radius 3 is 2.72 bits per heavy atom. The molecule has 0 aliphatic carbocycles. The number of hydrogen-bond donors (Lipinski definition) is 1. The second-order valence-corrected chi connectivity index (χ2v) is 8.44. The molecule has 1 atom stereocenters. The van der Waals surface area contributed by atoms with Crippen LogP contribution in [-0.4, -0.2) is 41.3 Å². The molecule has 0 radical (unpaired) electrons. The lowest BCUT2D eigenvalue weighted by Crippen LogP contribution is -2.30. The van der Waals surface area contributed by atoms with Crippen LogP contribution in [-0.2, 0) is 9.59 Å². The number of ether oxygens (including phenoxy) is 1. The Morgan fingerprint density at radius 1 is 1.28 bits per heavy atom. The van der Waals surface area contributed by atoms with E-state index in [9.17, 15) is 9.59 Å². The number of benzene rings is 2. The number of nitrogens with one attached hydrogen (secondary N) is 1. The lowest BCUT2D eigenvalue weighted by Gasteiger charge is -2.10. The zero-order chi connectivity index (χ0) is 21.1. The van der Waals surface area contributed by atoms with Crippen LogP contribution in [0.5, 0.6) is 5.75 Å². The Hall–Kier alpha value is -2.22. The second-order valence-electron chi connectivity index (χ2n) is 6.43. The van der Waals surface area contributed by atoms with E-state index in [2.05, 4.69) is 10.3 Å². The average molecular weight is 452 g/mol. The van der Waals surface area contributed by atoms with Crippen LogP contribution in [0.25, 0.3) is 0 Å². The first-order chi connectivity index (χ1) is 13.8. The van der Waals surface area contributed by atoms with Crippen LogP contribution in [0, 0.1) is 6.92 Å². The fourth-order valence-corrected chi connectivity index (χ4v) is 4.20. The molecule has 1 aliphatic heterocycles. The molecule has 1 aliphatic rings. The van der Waals surface area contributed by atoms with Gasteiger partial charge in [-0.1, -0.05) is 41.0 Å². The Morgan fingerprint density at radius 2 is 2.03 bits per heavy atom. The summed E-state index contributed by atoms with van der Waals surface area (Å²) < 4.78 is 5.30. The maximum Gasteiger partial charge on any atom is 0.242 e. The van der Waals surface area contributed by atoms with E-state index in [1.807, 2.05) is 13.0 Å². The number of halogens is 2. The molecule has 0 aromatic heterocycles. The van der Waals surface area contributed by atoms with Crippen molar-refractivity contribution in [3.63, 3.8) is 0 Å². The van der Waals surface area contributed by atoms with E-state index in [1.165, 1.54) is 23.8 Å². The Balaban J connectivity index is 1.72. The number of anilines is 1. The smallest absolute Gasteiger partial charge is 0.242 e. The number of hydrogen-bond acceptors (Lipinski definition) is 5. The van der Waals surface area contributed by atoms with Gasteiger partial charge in [0.05, 0.1) is 7.11 Å². The van der Waals surface area contributed by atoms with Crippen LogP contribution >= 0.6 is 35.0 Å². The first kappa shape index (κ1) is 21.5. The van der Waals surface area contributed by atoms with Gasteiger partial charge in [-0.2, -0.15) is 0 Å². The second kappa shape index (κ2) is 9.07. The molecule has 1 N–H and O–H groups in total. The number of carbonyl (C=O) groups is 2. The van der Waals surface area contributed by atoms with Gasteiger partial charge in [0, 0.05) is 29.2 Å². The molecule has 1 heterocycles. The molecule has 29 heavy (non-hydrogen) atoms. The number of nitrogens with zero attached hydrogens (tertiary/aromatic N) is 2. The largest absolute Gasteiger partial charge is 0.494 e. The topological polar surface area (TPSA) is 71.0 Å². The summed E-state index contributed by atoms with van der Waals surface area (Å²) >= 11 is 13.4. The Bertz CT molecular complexity index is 997. The van der Waals surface area contributed by atoms with E-state index in [4.69, 9.17) is 27.9 Å². The van der Waals surface area contributed by atoms with Gasteiger partial charge in [-0.25, -0.2) is 4.99 Å². The van der Waals surface area contributed by atoms with Gasteiger partial charge < -0.3 is 10.1 Å².